The summed E-state index contributed by atoms with van der Waals surface area (Å²) in [5.74, 6) is 0.587. The Kier molecular flexibility index (Phi) is 4.96. The summed E-state index contributed by atoms with van der Waals surface area (Å²) in [4.78, 5) is 20.0. The molecule has 18 heavy (non-hydrogen) atoms. The highest BCUT2D eigenvalue weighted by Gasteiger charge is 2.20. The van der Waals surface area contributed by atoms with Gasteiger partial charge in [-0.15, -0.1) is 11.6 Å². The van der Waals surface area contributed by atoms with Gasteiger partial charge in [-0.2, -0.15) is 0 Å². The minimum Gasteiger partial charge on any atom is -0.340 e. The molecule has 98 valence electrons. The number of halogens is 1. The minimum atomic E-state index is 0.175. The fourth-order valence-electron chi connectivity index (χ4n) is 2.14. The molecule has 0 unspecified atom stereocenters. The molecule has 0 N–H and O–H groups in total. The molecular formula is C13H18ClN3O. The number of carbonyl (C=O) groups is 1. The topological polar surface area (TPSA) is 36.4 Å². The molecule has 0 radical (unpaired) electrons. The van der Waals surface area contributed by atoms with Gasteiger partial charge < -0.3 is 4.90 Å². The average molecular weight is 268 g/mol. The van der Waals surface area contributed by atoms with Gasteiger partial charge in [0.1, 0.15) is 0 Å². The summed E-state index contributed by atoms with van der Waals surface area (Å²) in [6, 6.07) is 4.07. The fourth-order valence-corrected chi connectivity index (χ4v) is 2.30. The van der Waals surface area contributed by atoms with Crippen LogP contribution in [0.2, 0.25) is 0 Å². The highest BCUT2D eigenvalue weighted by molar-refractivity contribution is 6.18. The van der Waals surface area contributed by atoms with Gasteiger partial charge in [0.25, 0.3) is 0 Å². The lowest BCUT2D eigenvalue weighted by Gasteiger charge is -2.34. The van der Waals surface area contributed by atoms with E-state index in [1.54, 1.807) is 0 Å². The molecule has 0 aliphatic carbocycles. The number of hydrogen-bond donors (Lipinski definition) is 0. The van der Waals surface area contributed by atoms with E-state index in [9.17, 15) is 4.79 Å². The summed E-state index contributed by atoms with van der Waals surface area (Å²) in [5.41, 5.74) is 1.27. The summed E-state index contributed by atoms with van der Waals surface area (Å²) >= 11 is 5.59. The largest absolute Gasteiger partial charge is 0.340 e. The molecule has 4 nitrogen and oxygen atoms in total. The van der Waals surface area contributed by atoms with E-state index in [1.807, 2.05) is 29.4 Å². The quantitative estimate of drug-likeness (QED) is 0.773. The van der Waals surface area contributed by atoms with Gasteiger partial charge in [0.15, 0.2) is 0 Å². The second-order valence-corrected chi connectivity index (χ2v) is 4.83. The number of pyridine rings is 1. The van der Waals surface area contributed by atoms with Crippen LogP contribution < -0.4 is 0 Å². The Balaban J connectivity index is 1.78. The number of carbonyl (C=O) groups excluding carboxylic acids is 1. The molecule has 0 spiro atoms. The second kappa shape index (κ2) is 6.71. The van der Waals surface area contributed by atoms with Gasteiger partial charge >= 0.3 is 0 Å². The number of piperazine rings is 1. The summed E-state index contributed by atoms with van der Waals surface area (Å²) in [5, 5.41) is 0. The number of rotatable bonds is 4. The number of hydrogen-bond acceptors (Lipinski definition) is 3. The first-order chi connectivity index (χ1) is 8.79. The van der Waals surface area contributed by atoms with Crippen LogP contribution in [0.3, 0.4) is 0 Å². The lowest BCUT2D eigenvalue weighted by atomic mass is 10.2. The monoisotopic (exact) mass is 267 g/mol. The molecule has 1 saturated heterocycles. The predicted octanol–water partition coefficient (Wildman–Crippen LogP) is 1.35. The van der Waals surface area contributed by atoms with Crippen molar-refractivity contribution in [2.45, 2.75) is 13.0 Å². The molecule has 0 saturated carbocycles. The third-order valence-electron chi connectivity index (χ3n) is 3.19. The molecule has 1 aromatic heterocycles. The molecule has 1 aliphatic rings. The lowest BCUT2D eigenvalue weighted by molar-refractivity contribution is -0.132. The Hall–Kier alpha value is -1.13. The van der Waals surface area contributed by atoms with E-state index in [-0.39, 0.29) is 5.91 Å². The van der Waals surface area contributed by atoms with Crippen molar-refractivity contribution in [1.29, 1.82) is 0 Å². The normalized spacial score (nSPS) is 16.8. The van der Waals surface area contributed by atoms with Gasteiger partial charge in [-0.25, -0.2) is 0 Å². The fraction of sp³-hybridized carbons (Fsp3) is 0.538. The van der Waals surface area contributed by atoms with Crippen LogP contribution in [0.15, 0.2) is 24.5 Å². The van der Waals surface area contributed by atoms with Crippen LogP contribution in [-0.4, -0.2) is 52.8 Å². The molecule has 0 aromatic carbocycles. The molecule has 1 aromatic rings. The molecule has 0 atom stereocenters. The van der Waals surface area contributed by atoms with Crippen molar-refractivity contribution >= 4 is 17.5 Å². The summed E-state index contributed by atoms with van der Waals surface area (Å²) in [6.07, 6.45) is 4.08. The highest BCUT2D eigenvalue weighted by atomic mass is 35.5. The summed E-state index contributed by atoms with van der Waals surface area (Å²) < 4.78 is 0. The first-order valence-corrected chi connectivity index (χ1v) is 6.78. The van der Waals surface area contributed by atoms with E-state index in [0.29, 0.717) is 12.3 Å². The number of alkyl halides is 1. The van der Waals surface area contributed by atoms with E-state index in [4.69, 9.17) is 11.6 Å². The van der Waals surface area contributed by atoms with Gasteiger partial charge in [0.2, 0.25) is 5.91 Å². The molecule has 2 heterocycles. The molecule has 1 aliphatic heterocycles. The van der Waals surface area contributed by atoms with Crippen molar-refractivity contribution in [2.24, 2.45) is 0 Å². The van der Waals surface area contributed by atoms with E-state index in [2.05, 4.69) is 9.88 Å². The molecule has 0 bridgehead atoms. The van der Waals surface area contributed by atoms with E-state index in [1.165, 1.54) is 5.56 Å². The van der Waals surface area contributed by atoms with Crippen LogP contribution in [0.5, 0.6) is 0 Å². The van der Waals surface area contributed by atoms with Crippen LogP contribution >= 0.6 is 11.6 Å². The predicted molar refractivity (Wildman–Crippen MR) is 71.4 cm³/mol. The van der Waals surface area contributed by atoms with Crippen molar-refractivity contribution in [2.75, 3.05) is 32.1 Å². The zero-order valence-electron chi connectivity index (χ0n) is 10.4. The van der Waals surface area contributed by atoms with Crippen molar-refractivity contribution in [3.05, 3.63) is 30.1 Å². The van der Waals surface area contributed by atoms with E-state index < -0.39 is 0 Å². The molecule has 5 heteroatoms. The van der Waals surface area contributed by atoms with Gasteiger partial charge in [-0.05, 0) is 17.7 Å². The van der Waals surface area contributed by atoms with Crippen molar-refractivity contribution < 1.29 is 4.79 Å². The highest BCUT2D eigenvalue weighted by Crippen LogP contribution is 2.08. The Morgan fingerprint density at radius 2 is 1.89 bits per heavy atom. The molecule has 1 amide bonds. The Morgan fingerprint density at radius 1 is 1.22 bits per heavy atom. The molecular weight excluding hydrogens is 250 g/mol. The van der Waals surface area contributed by atoms with Crippen LogP contribution in [0.4, 0.5) is 0 Å². The number of amides is 1. The Bertz CT molecular complexity index is 377. The SMILES string of the molecule is O=C(CCCl)N1CCN(Cc2ccncc2)CC1. The summed E-state index contributed by atoms with van der Waals surface area (Å²) in [6.45, 7) is 4.40. The smallest absolute Gasteiger partial charge is 0.223 e. The lowest BCUT2D eigenvalue weighted by Crippen LogP contribution is -2.48. The zero-order chi connectivity index (χ0) is 12.8. The van der Waals surface area contributed by atoms with E-state index >= 15 is 0 Å². The maximum atomic E-state index is 11.7. The van der Waals surface area contributed by atoms with Crippen LogP contribution in [0, 0.1) is 0 Å². The first-order valence-electron chi connectivity index (χ1n) is 6.24. The van der Waals surface area contributed by atoms with Gasteiger partial charge in [0.05, 0.1) is 0 Å². The second-order valence-electron chi connectivity index (χ2n) is 4.45. The third kappa shape index (κ3) is 3.68. The maximum Gasteiger partial charge on any atom is 0.223 e. The van der Waals surface area contributed by atoms with Gasteiger partial charge in [-0.1, -0.05) is 0 Å². The maximum absolute atomic E-state index is 11.7. The van der Waals surface area contributed by atoms with Crippen molar-refractivity contribution in [3.8, 4) is 0 Å². The minimum absolute atomic E-state index is 0.175. The summed E-state index contributed by atoms with van der Waals surface area (Å²) in [7, 11) is 0. The average Bonchev–Trinajstić information content (AvgIpc) is 2.41. The van der Waals surface area contributed by atoms with Crippen LogP contribution in [0.1, 0.15) is 12.0 Å². The van der Waals surface area contributed by atoms with Crippen LogP contribution in [-0.2, 0) is 11.3 Å². The third-order valence-corrected chi connectivity index (χ3v) is 3.38. The zero-order valence-corrected chi connectivity index (χ0v) is 11.1. The Labute approximate surface area is 113 Å². The number of nitrogens with zero attached hydrogens (tertiary/aromatic N) is 3. The number of aromatic nitrogens is 1. The van der Waals surface area contributed by atoms with Crippen molar-refractivity contribution in [1.82, 2.24) is 14.8 Å². The molecule has 1 fully saturated rings. The van der Waals surface area contributed by atoms with E-state index in [0.717, 1.165) is 32.7 Å². The van der Waals surface area contributed by atoms with Crippen LogP contribution in [0.25, 0.3) is 0 Å². The Morgan fingerprint density at radius 3 is 2.50 bits per heavy atom. The van der Waals surface area contributed by atoms with Gasteiger partial charge in [-0.3, -0.25) is 14.7 Å². The molecule has 2 rings (SSSR count). The standard InChI is InChI=1S/C13H18ClN3O/c14-4-1-13(18)17-9-7-16(8-10-17)11-12-2-5-15-6-3-12/h2-3,5-6H,1,4,7-11H2. The van der Waals surface area contributed by atoms with Crippen molar-refractivity contribution in [3.63, 3.8) is 0 Å². The van der Waals surface area contributed by atoms with Gasteiger partial charge in [0, 0.05) is 57.4 Å². The first kappa shape index (κ1) is 13.3.